The zero-order valence-corrected chi connectivity index (χ0v) is 17.5. The number of amides is 1. The predicted molar refractivity (Wildman–Crippen MR) is 110 cm³/mol. The SMILES string of the molecule is COc1ccc(CCNS(=O)(=O)c2ccc(C)c(C(=O)N3CCOCC3)c2)cc1. The normalized spacial score (nSPS) is 14.6. The summed E-state index contributed by atoms with van der Waals surface area (Å²) in [6.45, 7) is 4.08. The van der Waals surface area contributed by atoms with E-state index < -0.39 is 10.0 Å². The highest BCUT2D eigenvalue weighted by molar-refractivity contribution is 7.89. The fourth-order valence-corrected chi connectivity index (χ4v) is 4.20. The monoisotopic (exact) mass is 418 g/mol. The third-order valence-electron chi connectivity index (χ3n) is 4.91. The number of ether oxygens (including phenoxy) is 2. The van der Waals surface area contributed by atoms with E-state index in [1.807, 2.05) is 24.3 Å². The maximum absolute atomic E-state index is 12.8. The molecule has 1 N–H and O–H groups in total. The fraction of sp³-hybridized carbons (Fsp3) is 0.381. The molecule has 0 spiro atoms. The Morgan fingerprint density at radius 3 is 2.48 bits per heavy atom. The number of hydrogen-bond acceptors (Lipinski definition) is 5. The second kappa shape index (κ2) is 9.39. The summed E-state index contributed by atoms with van der Waals surface area (Å²) in [5.74, 6) is 0.590. The van der Waals surface area contributed by atoms with Crippen molar-refractivity contribution in [1.29, 1.82) is 0 Å². The number of methoxy groups -OCH3 is 1. The summed E-state index contributed by atoms with van der Waals surface area (Å²) >= 11 is 0. The van der Waals surface area contributed by atoms with Crippen LogP contribution in [0.15, 0.2) is 47.4 Å². The molecule has 2 aromatic carbocycles. The molecule has 1 amide bonds. The van der Waals surface area contributed by atoms with Crippen LogP contribution in [0.4, 0.5) is 0 Å². The highest BCUT2D eigenvalue weighted by atomic mass is 32.2. The maximum atomic E-state index is 12.8. The number of carbonyl (C=O) groups excluding carboxylic acids is 1. The smallest absolute Gasteiger partial charge is 0.254 e. The van der Waals surface area contributed by atoms with Crippen LogP contribution in [0.2, 0.25) is 0 Å². The Kier molecular flexibility index (Phi) is 6.89. The quantitative estimate of drug-likeness (QED) is 0.743. The Hall–Kier alpha value is -2.42. The lowest BCUT2D eigenvalue weighted by molar-refractivity contribution is 0.0302. The molecule has 1 aliphatic rings. The summed E-state index contributed by atoms with van der Waals surface area (Å²) in [5, 5.41) is 0. The molecule has 156 valence electrons. The minimum Gasteiger partial charge on any atom is -0.497 e. The molecule has 7 nitrogen and oxygen atoms in total. The van der Waals surface area contributed by atoms with Crippen LogP contribution in [0.3, 0.4) is 0 Å². The number of sulfonamides is 1. The average molecular weight is 419 g/mol. The molecule has 1 heterocycles. The van der Waals surface area contributed by atoms with Gasteiger partial charge in [0.25, 0.3) is 5.91 Å². The minimum atomic E-state index is -3.72. The Labute approximate surface area is 171 Å². The lowest BCUT2D eigenvalue weighted by atomic mass is 10.1. The van der Waals surface area contributed by atoms with Gasteiger partial charge < -0.3 is 14.4 Å². The first kappa shape index (κ1) is 21.3. The van der Waals surface area contributed by atoms with Crippen molar-refractivity contribution in [2.45, 2.75) is 18.2 Å². The number of carbonyl (C=O) groups is 1. The van der Waals surface area contributed by atoms with Gasteiger partial charge >= 0.3 is 0 Å². The number of nitrogens with one attached hydrogen (secondary N) is 1. The van der Waals surface area contributed by atoms with Crippen LogP contribution in [-0.2, 0) is 21.2 Å². The van der Waals surface area contributed by atoms with Gasteiger partial charge in [-0.05, 0) is 48.7 Å². The van der Waals surface area contributed by atoms with Gasteiger partial charge in [-0.2, -0.15) is 0 Å². The molecule has 0 aromatic heterocycles. The topological polar surface area (TPSA) is 84.9 Å². The van der Waals surface area contributed by atoms with Gasteiger partial charge in [-0.3, -0.25) is 4.79 Å². The summed E-state index contributed by atoms with van der Waals surface area (Å²) in [6, 6.07) is 12.1. The van der Waals surface area contributed by atoms with E-state index in [-0.39, 0.29) is 17.3 Å². The van der Waals surface area contributed by atoms with Crippen LogP contribution in [0, 0.1) is 6.92 Å². The van der Waals surface area contributed by atoms with E-state index in [1.165, 1.54) is 12.1 Å². The van der Waals surface area contributed by atoms with Crippen molar-refractivity contribution >= 4 is 15.9 Å². The van der Waals surface area contributed by atoms with Gasteiger partial charge in [0.1, 0.15) is 5.75 Å². The minimum absolute atomic E-state index is 0.0921. The summed E-state index contributed by atoms with van der Waals surface area (Å²) in [5.41, 5.74) is 2.16. The van der Waals surface area contributed by atoms with Gasteiger partial charge in [-0.1, -0.05) is 18.2 Å². The largest absolute Gasteiger partial charge is 0.497 e. The lowest BCUT2D eigenvalue weighted by Gasteiger charge is -2.27. The zero-order chi connectivity index (χ0) is 20.9. The van der Waals surface area contributed by atoms with Gasteiger partial charge in [0, 0.05) is 25.2 Å². The third kappa shape index (κ3) is 5.35. The van der Waals surface area contributed by atoms with Crippen molar-refractivity contribution in [1.82, 2.24) is 9.62 Å². The molecule has 1 aliphatic heterocycles. The number of hydrogen-bond donors (Lipinski definition) is 1. The summed E-state index contributed by atoms with van der Waals surface area (Å²) in [6.07, 6.45) is 0.550. The second-order valence-electron chi connectivity index (χ2n) is 6.88. The van der Waals surface area contributed by atoms with Crippen LogP contribution in [0.5, 0.6) is 5.75 Å². The van der Waals surface area contributed by atoms with Gasteiger partial charge in [-0.15, -0.1) is 0 Å². The number of aryl methyl sites for hydroxylation is 1. The molecule has 0 unspecified atom stereocenters. The maximum Gasteiger partial charge on any atom is 0.254 e. The molecule has 3 rings (SSSR count). The van der Waals surface area contributed by atoms with Gasteiger partial charge in [0.05, 0.1) is 25.2 Å². The van der Waals surface area contributed by atoms with Crippen LogP contribution in [-0.4, -0.2) is 59.2 Å². The molecule has 0 saturated carbocycles. The fourth-order valence-electron chi connectivity index (χ4n) is 3.14. The van der Waals surface area contributed by atoms with E-state index >= 15 is 0 Å². The molecule has 0 atom stereocenters. The molecule has 29 heavy (non-hydrogen) atoms. The molecular weight excluding hydrogens is 392 g/mol. The first-order valence-electron chi connectivity index (χ1n) is 9.51. The van der Waals surface area contributed by atoms with Gasteiger partial charge in [0.2, 0.25) is 10.0 Å². The molecule has 1 fully saturated rings. The van der Waals surface area contributed by atoms with Crippen LogP contribution >= 0.6 is 0 Å². The standard InChI is InChI=1S/C21H26N2O5S/c1-16-3-8-19(15-20(16)21(24)23-11-13-28-14-12-23)29(25,26)22-10-9-17-4-6-18(27-2)7-5-17/h3-8,15,22H,9-14H2,1-2H3. The number of rotatable bonds is 7. The van der Waals surface area contributed by atoms with Crippen molar-refractivity contribution in [3.63, 3.8) is 0 Å². The average Bonchev–Trinajstić information content (AvgIpc) is 2.74. The van der Waals surface area contributed by atoms with Crippen LogP contribution in [0.25, 0.3) is 0 Å². The molecule has 0 aliphatic carbocycles. The third-order valence-corrected chi connectivity index (χ3v) is 6.37. The second-order valence-corrected chi connectivity index (χ2v) is 8.64. The Morgan fingerprint density at radius 2 is 1.83 bits per heavy atom. The highest BCUT2D eigenvalue weighted by Crippen LogP contribution is 2.18. The first-order chi connectivity index (χ1) is 13.9. The van der Waals surface area contributed by atoms with Crippen LogP contribution < -0.4 is 9.46 Å². The zero-order valence-electron chi connectivity index (χ0n) is 16.7. The van der Waals surface area contributed by atoms with E-state index in [1.54, 1.807) is 25.0 Å². The molecule has 2 aromatic rings. The van der Waals surface area contributed by atoms with E-state index in [0.29, 0.717) is 38.3 Å². The molecule has 0 radical (unpaired) electrons. The van der Waals surface area contributed by atoms with Crippen molar-refractivity contribution in [3.05, 3.63) is 59.2 Å². The Bertz CT molecular complexity index is 952. The van der Waals surface area contributed by atoms with E-state index in [2.05, 4.69) is 4.72 Å². The van der Waals surface area contributed by atoms with E-state index in [4.69, 9.17) is 9.47 Å². The van der Waals surface area contributed by atoms with E-state index in [9.17, 15) is 13.2 Å². The predicted octanol–water partition coefficient (Wildman–Crippen LogP) is 2.00. The summed E-state index contributed by atoms with van der Waals surface area (Å²) in [7, 11) is -2.12. The molecule has 8 heteroatoms. The van der Waals surface area contributed by atoms with Gasteiger partial charge in [0.15, 0.2) is 0 Å². The van der Waals surface area contributed by atoms with Crippen molar-refractivity contribution in [3.8, 4) is 5.75 Å². The number of nitrogens with zero attached hydrogens (tertiary/aromatic N) is 1. The first-order valence-corrected chi connectivity index (χ1v) is 11.0. The van der Waals surface area contributed by atoms with E-state index in [0.717, 1.165) is 16.9 Å². The van der Waals surface area contributed by atoms with Crippen LogP contribution in [0.1, 0.15) is 21.5 Å². The van der Waals surface area contributed by atoms with Crippen molar-refractivity contribution in [2.75, 3.05) is 40.0 Å². The molecular formula is C21H26N2O5S. The number of benzene rings is 2. The Balaban J connectivity index is 1.68. The molecule has 0 bridgehead atoms. The summed E-state index contributed by atoms with van der Waals surface area (Å²) < 4.78 is 38.4. The summed E-state index contributed by atoms with van der Waals surface area (Å²) in [4.78, 5) is 14.6. The van der Waals surface area contributed by atoms with Gasteiger partial charge in [-0.25, -0.2) is 13.1 Å². The Morgan fingerprint density at radius 1 is 1.14 bits per heavy atom. The molecule has 1 saturated heterocycles. The highest BCUT2D eigenvalue weighted by Gasteiger charge is 2.22. The van der Waals surface area contributed by atoms with Crippen molar-refractivity contribution < 1.29 is 22.7 Å². The van der Waals surface area contributed by atoms with Crippen molar-refractivity contribution in [2.24, 2.45) is 0 Å². The number of morpholine rings is 1. The lowest BCUT2D eigenvalue weighted by Crippen LogP contribution is -2.41.